The Hall–Kier alpha value is -0.340. The Balaban J connectivity index is 2.26. The second kappa shape index (κ2) is 5.34. The summed E-state index contributed by atoms with van der Waals surface area (Å²) in [6, 6.07) is 0. The Morgan fingerprint density at radius 2 is 2.17 bits per heavy atom. The van der Waals surface area contributed by atoms with Crippen molar-refractivity contribution >= 4 is 0 Å². The van der Waals surface area contributed by atoms with Crippen LogP contribution in [0.2, 0.25) is 0 Å². The molecule has 0 aromatic carbocycles. The van der Waals surface area contributed by atoms with Gasteiger partial charge in [0.2, 0.25) is 0 Å². The minimum absolute atomic E-state index is 0.0487. The predicted octanol–water partition coefficient (Wildman–Crippen LogP) is 3.40. The molecule has 2 bridgehead atoms. The number of rotatable bonds is 4. The number of aliphatic hydroxyl groups is 1. The van der Waals surface area contributed by atoms with Crippen molar-refractivity contribution in [2.24, 2.45) is 23.2 Å². The molecule has 104 valence electrons. The third-order valence-electron chi connectivity index (χ3n) is 5.49. The SMILES string of the molecule is CCCCC1OC[C@@]2(CO)C(C)C=C(C)C1[C@@H]2C. The smallest absolute Gasteiger partial charge is 0.0643 e. The van der Waals surface area contributed by atoms with Crippen molar-refractivity contribution < 1.29 is 9.84 Å². The van der Waals surface area contributed by atoms with Gasteiger partial charge in [-0.15, -0.1) is 0 Å². The van der Waals surface area contributed by atoms with E-state index < -0.39 is 0 Å². The Morgan fingerprint density at radius 1 is 1.44 bits per heavy atom. The van der Waals surface area contributed by atoms with Gasteiger partial charge in [-0.1, -0.05) is 45.3 Å². The van der Waals surface area contributed by atoms with Gasteiger partial charge in [-0.25, -0.2) is 0 Å². The van der Waals surface area contributed by atoms with Gasteiger partial charge in [0.25, 0.3) is 0 Å². The maximum absolute atomic E-state index is 9.87. The van der Waals surface area contributed by atoms with E-state index in [1.165, 1.54) is 18.4 Å². The third kappa shape index (κ3) is 2.04. The highest BCUT2D eigenvalue weighted by Gasteiger charge is 2.52. The molecule has 2 heteroatoms. The molecule has 1 aliphatic carbocycles. The summed E-state index contributed by atoms with van der Waals surface area (Å²) in [5, 5.41) is 9.87. The lowest BCUT2D eigenvalue weighted by Gasteiger charge is -2.55. The summed E-state index contributed by atoms with van der Waals surface area (Å²) in [6.07, 6.45) is 6.37. The van der Waals surface area contributed by atoms with Crippen molar-refractivity contribution in [2.45, 2.75) is 53.1 Å². The van der Waals surface area contributed by atoms with E-state index in [-0.39, 0.29) is 12.0 Å². The molecule has 1 aliphatic heterocycles. The minimum atomic E-state index is -0.0487. The van der Waals surface area contributed by atoms with Crippen molar-refractivity contribution in [1.29, 1.82) is 0 Å². The monoisotopic (exact) mass is 252 g/mol. The Labute approximate surface area is 111 Å². The van der Waals surface area contributed by atoms with Crippen LogP contribution in [0.3, 0.4) is 0 Å². The molecule has 1 heterocycles. The minimum Gasteiger partial charge on any atom is -0.396 e. The first kappa shape index (κ1) is 14.1. The summed E-state index contributed by atoms with van der Waals surface area (Å²) in [4.78, 5) is 0. The highest BCUT2D eigenvalue weighted by atomic mass is 16.5. The molecule has 0 saturated carbocycles. The van der Waals surface area contributed by atoms with E-state index in [9.17, 15) is 5.11 Å². The van der Waals surface area contributed by atoms with Crippen LogP contribution in [0.1, 0.15) is 47.0 Å². The summed E-state index contributed by atoms with van der Waals surface area (Å²) in [5.74, 6) is 1.45. The van der Waals surface area contributed by atoms with Crippen LogP contribution in [0.5, 0.6) is 0 Å². The Kier molecular flexibility index (Phi) is 4.18. The predicted molar refractivity (Wildman–Crippen MR) is 74.4 cm³/mol. The third-order valence-corrected chi connectivity index (χ3v) is 5.49. The van der Waals surface area contributed by atoms with Crippen molar-refractivity contribution in [3.63, 3.8) is 0 Å². The number of fused-ring (bicyclic) bond motifs is 2. The van der Waals surface area contributed by atoms with Gasteiger partial charge in [0.05, 0.1) is 19.3 Å². The van der Waals surface area contributed by atoms with E-state index in [1.54, 1.807) is 0 Å². The van der Waals surface area contributed by atoms with Crippen LogP contribution < -0.4 is 0 Å². The standard InChI is InChI=1S/C16H28O2/c1-5-6-7-14-15-11(2)8-12(3)16(9-17,10-18-14)13(15)4/h8,12-15,17H,5-7,9-10H2,1-4H3/t12?,13-,14?,15?,16-/m0/s1. The van der Waals surface area contributed by atoms with Crippen LogP contribution in [0, 0.1) is 23.2 Å². The van der Waals surface area contributed by atoms with Crippen LogP contribution in [-0.2, 0) is 4.74 Å². The molecule has 1 fully saturated rings. The summed E-state index contributed by atoms with van der Waals surface area (Å²) in [5.41, 5.74) is 1.42. The van der Waals surface area contributed by atoms with Gasteiger partial charge in [0.15, 0.2) is 0 Å². The van der Waals surface area contributed by atoms with Gasteiger partial charge in [-0.3, -0.25) is 0 Å². The lowest BCUT2D eigenvalue weighted by molar-refractivity contribution is -0.164. The fraction of sp³-hybridized carbons (Fsp3) is 0.875. The summed E-state index contributed by atoms with van der Waals surface area (Å²) < 4.78 is 6.15. The number of ether oxygens (including phenoxy) is 1. The first-order chi connectivity index (χ1) is 8.56. The molecule has 2 aliphatic rings. The number of aliphatic hydroxyl groups excluding tert-OH is 1. The Morgan fingerprint density at radius 3 is 2.78 bits per heavy atom. The van der Waals surface area contributed by atoms with E-state index in [0.29, 0.717) is 23.9 Å². The van der Waals surface area contributed by atoms with Gasteiger partial charge in [0.1, 0.15) is 0 Å². The van der Waals surface area contributed by atoms with Crippen molar-refractivity contribution in [3.8, 4) is 0 Å². The molecule has 0 aromatic heterocycles. The summed E-state index contributed by atoms with van der Waals surface area (Å²) >= 11 is 0. The molecule has 1 saturated heterocycles. The first-order valence-corrected chi connectivity index (χ1v) is 7.47. The van der Waals surface area contributed by atoms with Crippen LogP contribution in [0.4, 0.5) is 0 Å². The zero-order chi connectivity index (χ0) is 13.3. The fourth-order valence-corrected chi connectivity index (χ4v) is 4.08. The van der Waals surface area contributed by atoms with E-state index in [2.05, 4.69) is 33.8 Å². The molecule has 18 heavy (non-hydrogen) atoms. The molecule has 2 rings (SSSR count). The fourth-order valence-electron chi connectivity index (χ4n) is 4.08. The lowest BCUT2D eigenvalue weighted by Crippen LogP contribution is -2.56. The van der Waals surface area contributed by atoms with Crippen molar-refractivity contribution in [2.75, 3.05) is 13.2 Å². The topological polar surface area (TPSA) is 29.5 Å². The maximum Gasteiger partial charge on any atom is 0.0643 e. The van der Waals surface area contributed by atoms with Gasteiger partial charge < -0.3 is 9.84 Å². The van der Waals surface area contributed by atoms with E-state index in [1.807, 2.05) is 0 Å². The molecular formula is C16H28O2. The second-order valence-electron chi connectivity index (χ2n) is 6.40. The van der Waals surface area contributed by atoms with Gasteiger partial charge in [-0.2, -0.15) is 0 Å². The lowest BCUT2D eigenvalue weighted by atomic mass is 9.56. The van der Waals surface area contributed by atoms with Gasteiger partial charge in [-0.05, 0) is 25.2 Å². The molecule has 5 atom stereocenters. The quantitative estimate of drug-likeness (QED) is 0.777. The van der Waals surface area contributed by atoms with Crippen molar-refractivity contribution in [1.82, 2.24) is 0 Å². The number of allylic oxidation sites excluding steroid dienone is 1. The van der Waals surface area contributed by atoms with E-state index >= 15 is 0 Å². The van der Waals surface area contributed by atoms with Crippen LogP contribution in [0.15, 0.2) is 11.6 Å². The molecule has 0 aromatic rings. The molecule has 1 N–H and O–H groups in total. The molecule has 0 radical (unpaired) electrons. The highest BCUT2D eigenvalue weighted by Crippen LogP contribution is 2.52. The first-order valence-electron chi connectivity index (χ1n) is 7.47. The molecular weight excluding hydrogens is 224 g/mol. The number of hydrogen-bond acceptors (Lipinski definition) is 2. The van der Waals surface area contributed by atoms with E-state index in [4.69, 9.17) is 4.74 Å². The zero-order valence-corrected chi connectivity index (χ0v) is 12.3. The van der Waals surface area contributed by atoms with Gasteiger partial charge in [0, 0.05) is 11.3 Å². The van der Waals surface area contributed by atoms with Gasteiger partial charge >= 0.3 is 0 Å². The van der Waals surface area contributed by atoms with Crippen LogP contribution in [0.25, 0.3) is 0 Å². The maximum atomic E-state index is 9.87. The molecule has 0 spiro atoms. The second-order valence-corrected chi connectivity index (χ2v) is 6.40. The normalized spacial score (nSPS) is 43.7. The number of hydrogen-bond donors (Lipinski definition) is 1. The van der Waals surface area contributed by atoms with Crippen LogP contribution >= 0.6 is 0 Å². The highest BCUT2D eigenvalue weighted by molar-refractivity contribution is 5.20. The zero-order valence-electron chi connectivity index (χ0n) is 12.3. The van der Waals surface area contributed by atoms with E-state index in [0.717, 1.165) is 13.0 Å². The molecule has 3 unspecified atom stereocenters. The Bertz CT molecular complexity index is 323. The molecule has 2 nitrogen and oxygen atoms in total. The molecule has 0 amide bonds. The number of unbranched alkanes of at least 4 members (excludes halogenated alkanes) is 1. The average Bonchev–Trinajstić information content (AvgIpc) is 2.34. The summed E-state index contributed by atoms with van der Waals surface area (Å²) in [7, 11) is 0. The summed E-state index contributed by atoms with van der Waals surface area (Å²) in [6.45, 7) is 9.98. The largest absolute Gasteiger partial charge is 0.396 e. The average molecular weight is 252 g/mol. The van der Waals surface area contributed by atoms with Crippen LogP contribution in [-0.4, -0.2) is 24.4 Å². The van der Waals surface area contributed by atoms with Crippen molar-refractivity contribution in [3.05, 3.63) is 11.6 Å².